The van der Waals surface area contributed by atoms with Gasteiger partial charge in [0.25, 0.3) is 0 Å². The van der Waals surface area contributed by atoms with Crippen LogP contribution in [0.25, 0.3) is 45.1 Å². The predicted octanol–water partition coefficient (Wildman–Crippen LogP) is 6.96. The van der Waals surface area contributed by atoms with Gasteiger partial charge < -0.3 is 9.13 Å². The maximum atomic E-state index is 11.7. The highest BCUT2D eigenvalue weighted by Crippen LogP contribution is 2.28. The van der Waals surface area contributed by atoms with E-state index in [2.05, 4.69) is 76.9 Å². The number of nitrogens with two attached hydrogens (primary N) is 1. The molecule has 0 aliphatic rings. The van der Waals surface area contributed by atoms with Crippen molar-refractivity contribution in [3.05, 3.63) is 156 Å². The fourth-order valence-electron chi connectivity index (χ4n) is 6.07. The van der Waals surface area contributed by atoms with Crippen molar-refractivity contribution in [2.45, 2.75) is 36.7 Å². The van der Waals surface area contributed by atoms with E-state index in [-0.39, 0.29) is 4.90 Å². The first-order valence-electron chi connectivity index (χ1n) is 17.0. The van der Waals surface area contributed by atoms with Crippen molar-refractivity contribution in [1.29, 1.82) is 0 Å². The van der Waals surface area contributed by atoms with Gasteiger partial charge in [0.2, 0.25) is 10.0 Å². The molecule has 4 aromatic carbocycles. The van der Waals surface area contributed by atoms with E-state index in [0.29, 0.717) is 23.6 Å². The number of hydrogen-bond acceptors (Lipinski definition) is 8. The zero-order valence-corrected chi connectivity index (χ0v) is 31.5. The molecule has 54 heavy (non-hydrogen) atoms. The van der Waals surface area contributed by atoms with Gasteiger partial charge in [-0.05, 0) is 97.8 Å². The van der Waals surface area contributed by atoms with Crippen LogP contribution in [0.15, 0.2) is 144 Å². The zero-order chi connectivity index (χ0) is 38.0. The number of benzene rings is 4. The Balaban J connectivity index is 0.000000167. The van der Waals surface area contributed by atoms with Crippen LogP contribution in [0.2, 0.25) is 0 Å². The number of rotatable bonds is 8. The molecular formula is C41H37N7O4S2. The number of nitrogens with zero attached hydrogens (tertiary/aromatic N) is 6. The van der Waals surface area contributed by atoms with Gasteiger partial charge in [-0.1, -0.05) is 59.7 Å². The van der Waals surface area contributed by atoms with Crippen LogP contribution in [0.5, 0.6) is 0 Å². The fraction of sp³-hybridized carbons (Fsp3) is 0.122. The molecule has 0 saturated carbocycles. The summed E-state index contributed by atoms with van der Waals surface area (Å²) in [6, 6.07) is 37.6. The van der Waals surface area contributed by atoms with Gasteiger partial charge in [-0.3, -0.25) is 0 Å². The number of aryl methyl sites for hydroxylation is 2. The molecule has 0 aliphatic carbocycles. The van der Waals surface area contributed by atoms with Crippen LogP contribution >= 0.6 is 0 Å². The maximum Gasteiger partial charge on any atom is 0.238 e. The van der Waals surface area contributed by atoms with Crippen molar-refractivity contribution < 1.29 is 16.8 Å². The summed E-state index contributed by atoms with van der Waals surface area (Å²) < 4.78 is 50.6. The molecule has 0 bridgehead atoms. The Morgan fingerprint density at radius 1 is 0.574 bits per heavy atom. The van der Waals surface area contributed by atoms with Crippen molar-refractivity contribution in [1.82, 2.24) is 29.1 Å². The SMILES string of the molecule is Cc1ccc(Cn2c(-c3ccc(S(C)(=O)=O)cc3)nc3ncccc32)cc1.Cc1ccc(Cn2c(-c3ccc(S(N)(=O)=O)cc3)nc3cccnc32)cc1. The van der Waals surface area contributed by atoms with Gasteiger partial charge >= 0.3 is 0 Å². The average Bonchev–Trinajstić information content (AvgIpc) is 3.71. The van der Waals surface area contributed by atoms with Crippen LogP contribution in [0.3, 0.4) is 0 Å². The largest absolute Gasteiger partial charge is 0.318 e. The third kappa shape index (κ3) is 7.98. The number of pyridine rings is 2. The predicted molar refractivity (Wildman–Crippen MR) is 211 cm³/mol. The number of hydrogen-bond donors (Lipinski definition) is 1. The zero-order valence-electron chi connectivity index (χ0n) is 29.8. The summed E-state index contributed by atoms with van der Waals surface area (Å²) in [5.41, 5.74) is 9.55. The second kappa shape index (κ2) is 14.8. The van der Waals surface area contributed by atoms with Gasteiger partial charge in [-0.2, -0.15) is 0 Å². The van der Waals surface area contributed by atoms with E-state index in [1.165, 1.54) is 29.5 Å². The molecule has 0 saturated heterocycles. The molecule has 0 radical (unpaired) electrons. The maximum absolute atomic E-state index is 11.7. The molecule has 0 aliphatic heterocycles. The minimum absolute atomic E-state index is 0.0746. The molecule has 0 spiro atoms. The highest BCUT2D eigenvalue weighted by molar-refractivity contribution is 7.90. The molecule has 0 atom stereocenters. The third-order valence-electron chi connectivity index (χ3n) is 8.93. The Kier molecular flexibility index (Phi) is 9.95. The van der Waals surface area contributed by atoms with Crippen LogP contribution in [0.4, 0.5) is 0 Å². The lowest BCUT2D eigenvalue weighted by Crippen LogP contribution is -2.11. The Labute approximate surface area is 313 Å². The summed E-state index contributed by atoms with van der Waals surface area (Å²) in [4.78, 5) is 18.6. The minimum atomic E-state index is -3.73. The van der Waals surface area contributed by atoms with Crippen molar-refractivity contribution in [2.24, 2.45) is 5.14 Å². The topological polar surface area (TPSA) is 156 Å². The summed E-state index contributed by atoms with van der Waals surface area (Å²) in [6.45, 7) is 5.39. The highest BCUT2D eigenvalue weighted by Gasteiger charge is 2.17. The minimum Gasteiger partial charge on any atom is -0.318 e. The van der Waals surface area contributed by atoms with Crippen LogP contribution in [0, 0.1) is 13.8 Å². The Hall–Kier alpha value is -6.02. The fourth-order valence-corrected chi connectivity index (χ4v) is 7.21. The lowest BCUT2D eigenvalue weighted by molar-refractivity contribution is 0.597. The smallest absolute Gasteiger partial charge is 0.238 e. The van der Waals surface area contributed by atoms with Crippen molar-refractivity contribution in [3.63, 3.8) is 0 Å². The van der Waals surface area contributed by atoms with Crippen LogP contribution in [0.1, 0.15) is 22.3 Å². The molecule has 2 N–H and O–H groups in total. The van der Waals surface area contributed by atoms with E-state index in [1.807, 2.05) is 28.8 Å². The van der Waals surface area contributed by atoms with Gasteiger partial charge in [0, 0.05) is 36.3 Å². The Morgan fingerprint density at radius 3 is 1.63 bits per heavy atom. The lowest BCUT2D eigenvalue weighted by Gasteiger charge is -2.10. The van der Waals surface area contributed by atoms with Crippen molar-refractivity contribution in [3.8, 4) is 22.8 Å². The number of primary sulfonamides is 1. The first-order chi connectivity index (χ1) is 25.8. The molecule has 4 aromatic heterocycles. The first-order valence-corrected chi connectivity index (χ1v) is 20.4. The van der Waals surface area contributed by atoms with E-state index in [1.54, 1.807) is 48.8 Å². The number of aromatic nitrogens is 6. The van der Waals surface area contributed by atoms with Crippen molar-refractivity contribution in [2.75, 3.05) is 6.26 Å². The third-order valence-corrected chi connectivity index (χ3v) is 11.0. The molecule has 272 valence electrons. The van der Waals surface area contributed by atoms with Crippen molar-refractivity contribution >= 4 is 42.2 Å². The number of fused-ring (bicyclic) bond motifs is 2. The number of imidazole rings is 2. The summed E-state index contributed by atoms with van der Waals surface area (Å²) in [5, 5.41) is 5.19. The molecule has 4 heterocycles. The molecule has 8 aromatic rings. The second-order valence-electron chi connectivity index (χ2n) is 13.1. The molecule has 13 heteroatoms. The van der Waals surface area contributed by atoms with E-state index < -0.39 is 19.9 Å². The van der Waals surface area contributed by atoms with Gasteiger partial charge in [0.05, 0.1) is 21.9 Å². The van der Waals surface area contributed by atoms with Gasteiger partial charge in [0.15, 0.2) is 21.1 Å². The average molecular weight is 756 g/mol. The van der Waals surface area contributed by atoms with E-state index in [4.69, 9.17) is 15.1 Å². The normalized spacial score (nSPS) is 11.8. The molecule has 8 rings (SSSR count). The summed E-state index contributed by atoms with van der Waals surface area (Å²) in [5.74, 6) is 1.49. The quantitative estimate of drug-likeness (QED) is 0.175. The molecule has 11 nitrogen and oxygen atoms in total. The van der Waals surface area contributed by atoms with E-state index in [0.717, 1.165) is 50.6 Å². The summed E-state index contributed by atoms with van der Waals surface area (Å²) >= 11 is 0. The second-order valence-corrected chi connectivity index (χ2v) is 16.6. The highest BCUT2D eigenvalue weighted by atomic mass is 32.2. The van der Waals surface area contributed by atoms with Crippen LogP contribution < -0.4 is 5.14 Å². The summed E-state index contributed by atoms with van der Waals surface area (Å²) in [6.07, 6.45) is 4.67. The molecule has 0 unspecified atom stereocenters. The van der Waals surface area contributed by atoms with Gasteiger partial charge in [0.1, 0.15) is 17.2 Å². The van der Waals surface area contributed by atoms with Crippen LogP contribution in [-0.2, 0) is 33.0 Å². The summed E-state index contributed by atoms with van der Waals surface area (Å²) in [7, 11) is -6.96. The molecule has 0 amide bonds. The van der Waals surface area contributed by atoms with E-state index >= 15 is 0 Å². The van der Waals surface area contributed by atoms with Gasteiger partial charge in [-0.25, -0.2) is 41.9 Å². The molecule has 0 fully saturated rings. The number of sulfonamides is 1. The lowest BCUT2D eigenvalue weighted by atomic mass is 10.1. The monoisotopic (exact) mass is 755 g/mol. The standard InChI is InChI=1S/C21H19N3O2S.C20H18N4O2S/c1-15-5-7-16(8-6-15)14-24-19-4-3-13-22-20(19)23-21(24)17-9-11-18(12-10-17)27(2,25)26;1-14-4-6-15(7-5-14)13-24-19(23-18-3-2-12-22-20(18)24)16-8-10-17(11-9-16)27(21,25)26/h3-13H,14H2,1-2H3;2-12H,13H2,1H3,(H2,21,25,26). The number of sulfone groups is 1. The molecular weight excluding hydrogens is 719 g/mol. The Bertz CT molecular complexity index is 2620. The first kappa shape index (κ1) is 36.3. The Morgan fingerprint density at radius 2 is 1.07 bits per heavy atom. The van der Waals surface area contributed by atoms with Crippen LogP contribution in [-0.4, -0.2) is 52.2 Å². The van der Waals surface area contributed by atoms with Gasteiger partial charge in [-0.15, -0.1) is 0 Å². The van der Waals surface area contributed by atoms with E-state index in [9.17, 15) is 16.8 Å².